The Bertz CT molecular complexity index is 1020. The lowest BCUT2D eigenvalue weighted by Crippen LogP contribution is -2.13. The number of benzene rings is 1. The molecule has 0 saturated heterocycles. The van der Waals surface area contributed by atoms with Crippen molar-refractivity contribution in [2.45, 2.75) is 66.8 Å². The van der Waals surface area contributed by atoms with Gasteiger partial charge >= 0.3 is 5.97 Å². The molecule has 1 aromatic heterocycles. The summed E-state index contributed by atoms with van der Waals surface area (Å²) in [5.41, 5.74) is 3.23. The summed E-state index contributed by atoms with van der Waals surface area (Å²) in [5, 5.41) is 14.9. The van der Waals surface area contributed by atoms with E-state index in [4.69, 9.17) is 21.1 Å². The molecule has 32 heavy (non-hydrogen) atoms. The Balaban J connectivity index is 2.54. The lowest BCUT2D eigenvalue weighted by molar-refractivity contribution is -0.152. The van der Waals surface area contributed by atoms with E-state index in [0.717, 1.165) is 5.56 Å². The zero-order chi connectivity index (χ0) is 24.1. The largest absolute Gasteiger partial charge is 0.454 e. The second-order valence-electron chi connectivity index (χ2n) is 9.08. The Hall–Kier alpha value is -2.78. The van der Waals surface area contributed by atoms with E-state index in [1.54, 1.807) is 11.6 Å². The first kappa shape index (κ1) is 25.5. The predicted molar refractivity (Wildman–Crippen MR) is 127 cm³/mol. The Kier molecular flexibility index (Phi) is 8.51. The van der Waals surface area contributed by atoms with Crippen LogP contribution in [0.3, 0.4) is 0 Å². The third kappa shape index (κ3) is 6.14. The van der Waals surface area contributed by atoms with Crippen LogP contribution in [0.15, 0.2) is 24.3 Å². The van der Waals surface area contributed by atoms with Gasteiger partial charge in [0.05, 0.1) is 10.7 Å². The van der Waals surface area contributed by atoms with E-state index in [1.807, 2.05) is 45.0 Å². The van der Waals surface area contributed by atoms with Crippen molar-refractivity contribution >= 4 is 28.9 Å². The number of nitrogens with zero attached hydrogens (tertiary/aromatic N) is 3. The molecule has 172 valence electrons. The Morgan fingerprint density at radius 2 is 1.84 bits per heavy atom. The highest BCUT2D eigenvalue weighted by atomic mass is 35.5. The van der Waals surface area contributed by atoms with Crippen LogP contribution in [0.2, 0.25) is 5.02 Å². The van der Waals surface area contributed by atoms with Crippen molar-refractivity contribution in [3.05, 3.63) is 51.8 Å². The average molecular weight is 458 g/mol. The molecule has 2 rings (SSSR count). The van der Waals surface area contributed by atoms with Crippen molar-refractivity contribution < 1.29 is 14.3 Å². The highest BCUT2D eigenvalue weighted by molar-refractivity contribution is 6.33. The molecule has 0 spiro atoms. The van der Waals surface area contributed by atoms with E-state index in [9.17, 15) is 10.1 Å². The van der Waals surface area contributed by atoms with Crippen LogP contribution in [0.25, 0.3) is 11.3 Å². The van der Waals surface area contributed by atoms with Gasteiger partial charge in [-0.2, -0.15) is 10.4 Å². The summed E-state index contributed by atoms with van der Waals surface area (Å²) < 4.78 is 12.8. The van der Waals surface area contributed by atoms with E-state index >= 15 is 0 Å². The molecule has 0 aliphatic carbocycles. The monoisotopic (exact) mass is 457 g/mol. The van der Waals surface area contributed by atoms with Crippen LogP contribution in [-0.2, 0) is 26.2 Å². The lowest BCUT2D eigenvalue weighted by Gasteiger charge is -2.19. The molecular weight excluding hydrogens is 426 g/mol. The first-order valence-electron chi connectivity index (χ1n) is 10.8. The molecule has 2 aromatic rings. The van der Waals surface area contributed by atoms with Gasteiger partial charge in [0.2, 0.25) is 6.79 Å². The van der Waals surface area contributed by atoms with Gasteiger partial charge < -0.3 is 9.47 Å². The van der Waals surface area contributed by atoms with Gasteiger partial charge in [-0.15, -0.1) is 0 Å². The van der Waals surface area contributed by atoms with E-state index < -0.39 is 0 Å². The summed E-state index contributed by atoms with van der Waals surface area (Å²) in [6, 6.07) is 10.0. The molecule has 0 aliphatic heterocycles. The smallest absolute Gasteiger partial charge is 0.308 e. The van der Waals surface area contributed by atoms with Gasteiger partial charge in [-0.25, -0.2) is 0 Å². The molecule has 1 heterocycles. The maximum absolute atomic E-state index is 12.0. The highest BCUT2D eigenvalue weighted by Crippen LogP contribution is 2.34. The number of halogens is 1. The summed E-state index contributed by atoms with van der Waals surface area (Å²) in [7, 11) is 0. The number of esters is 1. The zero-order valence-corrected chi connectivity index (χ0v) is 20.7. The zero-order valence-electron chi connectivity index (χ0n) is 20.0. The number of carbonyl (C=O) groups is 1. The first-order valence-corrected chi connectivity index (χ1v) is 11.1. The van der Waals surface area contributed by atoms with Gasteiger partial charge in [0.1, 0.15) is 17.3 Å². The molecule has 0 amide bonds. The molecule has 0 radical (unpaired) electrons. The standard InChI is InChI=1S/C25H32ClN3O3/c1-8-29-23(22(26)17(4)28-29)24(32-15-31-21(30)13-16(2)3)20(14-27)18-9-11-19(12-10-18)25(5,6)7/h9-12,16H,8,13,15H2,1-7H3/b24-20-. The second-order valence-corrected chi connectivity index (χ2v) is 9.46. The third-order valence-electron chi connectivity index (χ3n) is 4.95. The number of allylic oxidation sites excluding steroid dienone is 1. The normalized spacial score (nSPS) is 12.4. The number of nitriles is 1. The van der Waals surface area contributed by atoms with Gasteiger partial charge in [0.25, 0.3) is 0 Å². The van der Waals surface area contributed by atoms with E-state index in [-0.39, 0.29) is 36.3 Å². The highest BCUT2D eigenvalue weighted by Gasteiger charge is 2.24. The summed E-state index contributed by atoms with van der Waals surface area (Å²) in [6.45, 7) is 14.2. The molecule has 0 aliphatic rings. The maximum atomic E-state index is 12.0. The molecule has 0 N–H and O–H groups in total. The molecule has 0 saturated carbocycles. The van der Waals surface area contributed by atoms with Gasteiger partial charge in [-0.05, 0) is 36.3 Å². The van der Waals surface area contributed by atoms with Crippen molar-refractivity contribution in [3.63, 3.8) is 0 Å². The minimum atomic E-state index is -0.362. The van der Waals surface area contributed by atoms with Gasteiger partial charge in [-0.3, -0.25) is 9.48 Å². The SMILES string of the molecule is CCn1nc(C)c(Cl)c1/C(OCOC(=O)CC(C)C)=C(\C#N)c1ccc(C(C)(C)C)cc1. The predicted octanol–water partition coefficient (Wildman–Crippen LogP) is 6.12. The number of ether oxygens (including phenoxy) is 2. The van der Waals surface area contributed by atoms with Crippen molar-refractivity contribution in [1.29, 1.82) is 5.26 Å². The molecule has 6 nitrogen and oxygen atoms in total. The van der Waals surface area contributed by atoms with Crippen molar-refractivity contribution in [2.24, 2.45) is 5.92 Å². The summed E-state index contributed by atoms with van der Waals surface area (Å²) >= 11 is 6.56. The van der Waals surface area contributed by atoms with Crippen LogP contribution in [0, 0.1) is 24.2 Å². The molecule has 0 unspecified atom stereocenters. The third-order valence-corrected chi connectivity index (χ3v) is 5.40. The van der Waals surface area contributed by atoms with Crippen LogP contribution >= 0.6 is 11.6 Å². The molecule has 7 heteroatoms. The first-order chi connectivity index (χ1) is 15.0. The van der Waals surface area contributed by atoms with Crippen molar-refractivity contribution in [3.8, 4) is 6.07 Å². The van der Waals surface area contributed by atoms with E-state index in [0.29, 0.717) is 34.1 Å². The molecule has 0 bridgehead atoms. The number of hydrogen-bond acceptors (Lipinski definition) is 5. The number of hydrogen-bond donors (Lipinski definition) is 0. The fourth-order valence-corrected chi connectivity index (χ4v) is 3.42. The Morgan fingerprint density at radius 1 is 1.22 bits per heavy atom. The van der Waals surface area contributed by atoms with Gasteiger partial charge in [0.15, 0.2) is 5.76 Å². The second kappa shape index (κ2) is 10.7. The lowest BCUT2D eigenvalue weighted by atomic mass is 9.86. The van der Waals surface area contributed by atoms with Crippen LogP contribution in [0.4, 0.5) is 0 Å². The number of aryl methyl sites for hydroxylation is 2. The van der Waals surface area contributed by atoms with Crippen LogP contribution in [-0.4, -0.2) is 22.5 Å². The maximum Gasteiger partial charge on any atom is 0.308 e. The molecule has 0 atom stereocenters. The van der Waals surface area contributed by atoms with Crippen LogP contribution < -0.4 is 0 Å². The summed E-state index contributed by atoms with van der Waals surface area (Å²) in [5.74, 6) is 0.0478. The minimum absolute atomic E-state index is 0.0136. The number of rotatable bonds is 8. The number of aromatic nitrogens is 2. The Morgan fingerprint density at radius 3 is 2.34 bits per heavy atom. The molecule has 0 fully saturated rings. The summed E-state index contributed by atoms with van der Waals surface area (Å²) in [4.78, 5) is 12.0. The van der Waals surface area contributed by atoms with Crippen molar-refractivity contribution in [1.82, 2.24) is 9.78 Å². The minimum Gasteiger partial charge on any atom is -0.454 e. The van der Waals surface area contributed by atoms with Crippen LogP contribution in [0.1, 0.15) is 70.5 Å². The topological polar surface area (TPSA) is 77.1 Å². The van der Waals surface area contributed by atoms with Crippen molar-refractivity contribution in [2.75, 3.05) is 6.79 Å². The van der Waals surface area contributed by atoms with Gasteiger partial charge in [-0.1, -0.05) is 70.5 Å². The fourth-order valence-electron chi connectivity index (χ4n) is 3.19. The average Bonchev–Trinajstić information content (AvgIpc) is 3.00. The summed E-state index contributed by atoms with van der Waals surface area (Å²) in [6.07, 6.45) is 0.286. The fraction of sp³-hybridized carbons (Fsp3) is 0.480. The quantitative estimate of drug-likeness (QED) is 0.206. The molecular formula is C25H32ClN3O3. The van der Waals surface area contributed by atoms with Crippen LogP contribution in [0.5, 0.6) is 0 Å². The van der Waals surface area contributed by atoms with E-state index in [2.05, 4.69) is 31.9 Å². The van der Waals surface area contributed by atoms with Gasteiger partial charge in [0, 0.05) is 13.0 Å². The molecule has 1 aromatic carbocycles. The number of carbonyl (C=O) groups excluding carboxylic acids is 1. The van der Waals surface area contributed by atoms with E-state index in [1.165, 1.54) is 0 Å². The Labute approximate surface area is 195 Å².